The largest absolute Gasteiger partial charge is 0.460 e. The molecular weight excluding hydrogens is 429 g/mol. The smallest absolute Gasteiger partial charge is 0.416 e. The minimum absolute atomic E-state index is 0.0111. The summed E-state index contributed by atoms with van der Waals surface area (Å²) in [4.78, 5) is 14.6. The van der Waals surface area contributed by atoms with Gasteiger partial charge in [0.1, 0.15) is 6.61 Å². The van der Waals surface area contributed by atoms with Crippen molar-refractivity contribution in [2.24, 2.45) is 0 Å². The molecule has 0 fully saturated rings. The van der Waals surface area contributed by atoms with Crippen molar-refractivity contribution in [1.29, 1.82) is 0 Å². The normalized spacial score (nSPS) is 16.9. The van der Waals surface area contributed by atoms with Crippen LogP contribution in [0.25, 0.3) is 0 Å². The second-order valence-corrected chi connectivity index (χ2v) is 7.19. The number of hydrogen-bond donors (Lipinski definition) is 1. The van der Waals surface area contributed by atoms with Crippen LogP contribution in [0.1, 0.15) is 24.1 Å². The number of benzene rings is 2. The highest BCUT2D eigenvalue weighted by Crippen LogP contribution is 2.36. The molecule has 0 saturated carbocycles. The van der Waals surface area contributed by atoms with Crippen molar-refractivity contribution in [3.63, 3.8) is 0 Å². The highest BCUT2D eigenvalue weighted by molar-refractivity contribution is 7.80. The lowest BCUT2D eigenvalue weighted by Gasteiger charge is -2.37. The second kappa shape index (κ2) is 9.49. The maximum absolute atomic E-state index is 13.3. The predicted molar refractivity (Wildman–Crippen MR) is 114 cm³/mol. The molecule has 0 amide bonds. The number of nitrogens with zero attached hydrogens (tertiary/aromatic N) is 1. The maximum Gasteiger partial charge on any atom is 0.416 e. The molecule has 3 rings (SSSR count). The molecule has 0 spiro atoms. The first-order valence-corrected chi connectivity index (χ1v) is 9.84. The number of carbonyl (C=O) groups is 1. The van der Waals surface area contributed by atoms with Crippen LogP contribution in [0.15, 0.2) is 65.9 Å². The SMILES string of the molecule is COCCOC(=O)C1=C(C)N(c2ccccc2)C(=S)N[C@H]1c1cccc(C(F)(F)F)c1. The third kappa shape index (κ3) is 5.05. The number of methoxy groups -OCH3 is 1. The molecule has 0 bridgehead atoms. The Morgan fingerprint density at radius 1 is 1.13 bits per heavy atom. The van der Waals surface area contributed by atoms with E-state index in [1.807, 2.05) is 30.3 Å². The molecule has 0 radical (unpaired) electrons. The lowest BCUT2D eigenvalue weighted by molar-refractivity contribution is -0.140. The first-order chi connectivity index (χ1) is 14.7. The third-order valence-corrected chi connectivity index (χ3v) is 5.09. The van der Waals surface area contributed by atoms with Gasteiger partial charge in [0.2, 0.25) is 0 Å². The molecule has 0 unspecified atom stereocenters. The van der Waals surface area contributed by atoms with Gasteiger partial charge in [-0.25, -0.2) is 4.79 Å². The summed E-state index contributed by atoms with van der Waals surface area (Å²) in [5, 5.41) is 3.28. The van der Waals surface area contributed by atoms with Crippen molar-refractivity contribution in [2.45, 2.75) is 19.1 Å². The molecule has 1 atom stereocenters. The summed E-state index contributed by atoms with van der Waals surface area (Å²) in [7, 11) is 1.47. The van der Waals surface area contributed by atoms with E-state index in [0.717, 1.165) is 12.1 Å². The Labute approximate surface area is 183 Å². The average Bonchev–Trinajstić information content (AvgIpc) is 2.73. The van der Waals surface area contributed by atoms with Crippen LogP contribution in [0.3, 0.4) is 0 Å². The van der Waals surface area contributed by atoms with E-state index in [9.17, 15) is 18.0 Å². The molecule has 0 saturated heterocycles. The Bertz CT molecular complexity index is 993. The van der Waals surface area contributed by atoms with E-state index in [1.54, 1.807) is 11.8 Å². The van der Waals surface area contributed by atoms with E-state index < -0.39 is 23.8 Å². The van der Waals surface area contributed by atoms with Crippen molar-refractivity contribution >= 4 is 29.0 Å². The molecule has 1 heterocycles. The Kier molecular flexibility index (Phi) is 6.97. The monoisotopic (exact) mass is 450 g/mol. The van der Waals surface area contributed by atoms with Gasteiger partial charge >= 0.3 is 12.1 Å². The van der Waals surface area contributed by atoms with Crippen LogP contribution in [0.4, 0.5) is 18.9 Å². The fourth-order valence-electron chi connectivity index (χ4n) is 3.34. The molecule has 164 valence electrons. The van der Waals surface area contributed by atoms with Gasteiger partial charge in [0.25, 0.3) is 0 Å². The fourth-order valence-corrected chi connectivity index (χ4v) is 3.70. The Balaban J connectivity index is 2.09. The zero-order chi connectivity index (χ0) is 22.6. The van der Waals surface area contributed by atoms with Crippen LogP contribution in [0.5, 0.6) is 0 Å². The number of allylic oxidation sites excluding steroid dienone is 1. The highest BCUT2D eigenvalue weighted by Gasteiger charge is 2.37. The molecule has 1 aliphatic heterocycles. The molecule has 31 heavy (non-hydrogen) atoms. The number of ether oxygens (including phenoxy) is 2. The first kappa shape index (κ1) is 22.8. The Hall–Kier alpha value is -2.91. The summed E-state index contributed by atoms with van der Waals surface area (Å²) < 4.78 is 50.0. The summed E-state index contributed by atoms with van der Waals surface area (Å²) >= 11 is 5.50. The van der Waals surface area contributed by atoms with Gasteiger partial charge in [0.15, 0.2) is 5.11 Å². The molecular formula is C22H21F3N2O3S. The number of hydrogen-bond acceptors (Lipinski definition) is 4. The summed E-state index contributed by atoms with van der Waals surface area (Å²) in [6, 6.07) is 13.0. The lowest BCUT2D eigenvalue weighted by Crippen LogP contribution is -2.48. The molecule has 5 nitrogen and oxygen atoms in total. The number of carbonyl (C=O) groups excluding carboxylic acids is 1. The average molecular weight is 450 g/mol. The van der Waals surface area contributed by atoms with Gasteiger partial charge < -0.3 is 14.8 Å². The van der Waals surface area contributed by atoms with E-state index in [1.165, 1.54) is 19.2 Å². The maximum atomic E-state index is 13.3. The van der Waals surface area contributed by atoms with Gasteiger partial charge in [-0.05, 0) is 49.0 Å². The van der Waals surface area contributed by atoms with E-state index >= 15 is 0 Å². The fraction of sp³-hybridized carbons (Fsp3) is 0.273. The van der Waals surface area contributed by atoms with Gasteiger partial charge in [0, 0.05) is 18.5 Å². The molecule has 2 aromatic carbocycles. The number of para-hydroxylation sites is 1. The molecule has 2 aromatic rings. The Morgan fingerprint density at radius 2 is 1.84 bits per heavy atom. The molecule has 9 heteroatoms. The summed E-state index contributed by atoms with van der Waals surface area (Å²) in [6.07, 6.45) is -4.51. The van der Waals surface area contributed by atoms with Gasteiger partial charge in [-0.15, -0.1) is 0 Å². The van der Waals surface area contributed by atoms with Crippen LogP contribution in [-0.2, 0) is 20.4 Å². The number of rotatable bonds is 6. The van der Waals surface area contributed by atoms with Crippen molar-refractivity contribution in [3.8, 4) is 0 Å². The van der Waals surface area contributed by atoms with E-state index in [-0.39, 0.29) is 29.5 Å². The van der Waals surface area contributed by atoms with Crippen LogP contribution < -0.4 is 10.2 Å². The van der Waals surface area contributed by atoms with Crippen molar-refractivity contribution < 1.29 is 27.4 Å². The van der Waals surface area contributed by atoms with Crippen LogP contribution in [-0.4, -0.2) is 31.4 Å². The van der Waals surface area contributed by atoms with Crippen LogP contribution >= 0.6 is 12.2 Å². The van der Waals surface area contributed by atoms with E-state index in [0.29, 0.717) is 11.4 Å². The van der Waals surface area contributed by atoms with E-state index in [2.05, 4.69) is 5.32 Å². The van der Waals surface area contributed by atoms with Crippen molar-refractivity contribution in [2.75, 3.05) is 25.2 Å². The Morgan fingerprint density at radius 3 is 2.48 bits per heavy atom. The minimum atomic E-state index is -4.51. The topological polar surface area (TPSA) is 50.8 Å². The van der Waals surface area contributed by atoms with Gasteiger partial charge in [-0.2, -0.15) is 13.2 Å². The number of thiocarbonyl (C=S) groups is 1. The highest BCUT2D eigenvalue weighted by atomic mass is 32.1. The number of halogens is 3. The van der Waals surface area contributed by atoms with Crippen molar-refractivity contribution in [3.05, 3.63) is 77.0 Å². The third-order valence-electron chi connectivity index (χ3n) is 4.79. The minimum Gasteiger partial charge on any atom is -0.460 e. The molecule has 0 aliphatic carbocycles. The lowest BCUT2D eigenvalue weighted by atomic mass is 9.93. The number of nitrogens with one attached hydrogen (secondary N) is 1. The number of esters is 1. The van der Waals surface area contributed by atoms with Crippen LogP contribution in [0.2, 0.25) is 0 Å². The number of anilines is 1. The predicted octanol–water partition coefficient (Wildman–Crippen LogP) is 4.60. The van der Waals surface area contributed by atoms with E-state index in [4.69, 9.17) is 21.7 Å². The summed E-state index contributed by atoms with van der Waals surface area (Å²) in [6.45, 7) is 1.89. The molecule has 1 aliphatic rings. The standard InChI is InChI=1S/C22H21F3N2O3S/c1-14-18(20(28)30-12-11-29-2)19(15-7-6-8-16(13-15)22(23,24)25)26-21(31)27(14)17-9-4-3-5-10-17/h3-10,13,19H,11-12H2,1-2H3,(H,26,31)/t19-/m0/s1. The van der Waals surface area contributed by atoms with Crippen molar-refractivity contribution in [1.82, 2.24) is 5.32 Å². The van der Waals surface area contributed by atoms with Gasteiger partial charge in [0.05, 0.1) is 23.8 Å². The first-order valence-electron chi connectivity index (χ1n) is 9.43. The molecule has 1 N–H and O–H groups in total. The van der Waals surface area contributed by atoms with Gasteiger partial charge in [-0.1, -0.05) is 30.3 Å². The van der Waals surface area contributed by atoms with Gasteiger partial charge in [-0.3, -0.25) is 4.90 Å². The zero-order valence-electron chi connectivity index (χ0n) is 16.9. The quantitative estimate of drug-likeness (QED) is 0.394. The van der Waals surface area contributed by atoms with Crippen LogP contribution in [0, 0.1) is 0 Å². The second-order valence-electron chi connectivity index (χ2n) is 6.80. The summed E-state index contributed by atoms with van der Waals surface area (Å²) in [5.41, 5.74) is 0.797. The zero-order valence-corrected chi connectivity index (χ0v) is 17.7. The molecule has 0 aromatic heterocycles. The summed E-state index contributed by atoms with van der Waals surface area (Å²) in [5.74, 6) is -0.659. The number of alkyl halides is 3.